The maximum Gasteiger partial charge on any atom is 0.0238 e. The maximum absolute atomic E-state index is 5.69. The summed E-state index contributed by atoms with van der Waals surface area (Å²) in [6.07, 6.45) is 6.63. The van der Waals surface area contributed by atoms with Gasteiger partial charge in [0.1, 0.15) is 0 Å². The van der Waals surface area contributed by atoms with Crippen molar-refractivity contribution in [2.75, 3.05) is 12.4 Å². The van der Waals surface area contributed by atoms with Gasteiger partial charge in [0.05, 0.1) is 0 Å². The number of alkyl halides is 1. The van der Waals surface area contributed by atoms with E-state index in [1.54, 1.807) is 0 Å². The van der Waals surface area contributed by atoms with Crippen LogP contribution in [0.15, 0.2) is 0 Å². The Bertz CT molecular complexity index is 112. The standard InChI is InChI=1S/C10H20ClN/c1-2-10(5-7-11)12-8-6-9-3-4-9/h9-10,12H,2-8H2,1H3. The molecule has 12 heavy (non-hydrogen) atoms. The van der Waals surface area contributed by atoms with Crippen molar-refractivity contribution in [1.82, 2.24) is 5.32 Å². The first-order valence-electron chi connectivity index (χ1n) is 5.16. The zero-order valence-electron chi connectivity index (χ0n) is 7.98. The van der Waals surface area contributed by atoms with Crippen LogP contribution in [0.4, 0.5) is 0 Å². The van der Waals surface area contributed by atoms with E-state index in [0.717, 1.165) is 18.2 Å². The van der Waals surface area contributed by atoms with Crippen LogP contribution in [0.3, 0.4) is 0 Å². The molecule has 0 saturated heterocycles. The normalized spacial score (nSPS) is 19.5. The van der Waals surface area contributed by atoms with E-state index in [1.807, 2.05) is 0 Å². The van der Waals surface area contributed by atoms with Gasteiger partial charge in [-0.05, 0) is 31.7 Å². The lowest BCUT2D eigenvalue weighted by atomic mass is 10.1. The fourth-order valence-corrected chi connectivity index (χ4v) is 1.74. The van der Waals surface area contributed by atoms with E-state index in [-0.39, 0.29) is 0 Å². The Morgan fingerprint density at radius 3 is 2.75 bits per heavy atom. The number of rotatable bonds is 7. The summed E-state index contributed by atoms with van der Waals surface area (Å²) >= 11 is 5.69. The summed E-state index contributed by atoms with van der Waals surface area (Å²) in [5.74, 6) is 1.83. The maximum atomic E-state index is 5.69. The van der Waals surface area contributed by atoms with Crippen LogP contribution in [0.1, 0.15) is 39.0 Å². The summed E-state index contributed by atoms with van der Waals surface area (Å²) in [6.45, 7) is 3.42. The molecule has 0 bridgehead atoms. The lowest BCUT2D eigenvalue weighted by molar-refractivity contribution is 0.472. The first-order chi connectivity index (χ1) is 5.86. The van der Waals surface area contributed by atoms with Crippen molar-refractivity contribution >= 4 is 11.6 Å². The van der Waals surface area contributed by atoms with Crippen molar-refractivity contribution in [2.24, 2.45) is 5.92 Å². The molecule has 0 aromatic carbocycles. The highest BCUT2D eigenvalue weighted by atomic mass is 35.5. The van der Waals surface area contributed by atoms with E-state index in [2.05, 4.69) is 12.2 Å². The largest absolute Gasteiger partial charge is 0.314 e. The molecule has 2 heteroatoms. The molecule has 0 amide bonds. The van der Waals surface area contributed by atoms with Crippen LogP contribution in [-0.2, 0) is 0 Å². The topological polar surface area (TPSA) is 12.0 Å². The average molecular weight is 190 g/mol. The summed E-state index contributed by atoms with van der Waals surface area (Å²) in [7, 11) is 0. The van der Waals surface area contributed by atoms with Crippen molar-refractivity contribution in [2.45, 2.75) is 45.1 Å². The fourth-order valence-electron chi connectivity index (χ4n) is 1.48. The summed E-state index contributed by atoms with van der Waals surface area (Å²) in [4.78, 5) is 0. The molecule has 0 aromatic heterocycles. The molecule has 1 aliphatic carbocycles. The highest BCUT2D eigenvalue weighted by Gasteiger charge is 2.20. The van der Waals surface area contributed by atoms with Gasteiger partial charge in [0.15, 0.2) is 0 Å². The molecule has 1 aliphatic rings. The second kappa shape index (κ2) is 5.82. The van der Waals surface area contributed by atoms with Gasteiger partial charge in [0, 0.05) is 11.9 Å². The summed E-state index contributed by atoms with van der Waals surface area (Å²) < 4.78 is 0. The molecule has 1 N–H and O–H groups in total. The molecule has 0 aliphatic heterocycles. The van der Waals surface area contributed by atoms with Gasteiger partial charge in [-0.25, -0.2) is 0 Å². The van der Waals surface area contributed by atoms with E-state index < -0.39 is 0 Å². The Kier molecular flexibility index (Phi) is 5.01. The zero-order chi connectivity index (χ0) is 8.81. The van der Waals surface area contributed by atoms with Crippen molar-refractivity contribution in [3.05, 3.63) is 0 Å². The predicted octanol–water partition coefficient (Wildman–Crippen LogP) is 2.78. The quantitative estimate of drug-likeness (QED) is 0.608. The van der Waals surface area contributed by atoms with Gasteiger partial charge in [-0.1, -0.05) is 19.8 Å². The number of nitrogens with one attached hydrogen (secondary N) is 1. The van der Waals surface area contributed by atoms with Gasteiger partial charge in [0.25, 0.3) is 0 Å². The third kappa shape index (κ3) is 4.32. The summed E-state index contributed by atoms with van der Waals surface area (Å²) in [5.41, 5.74) is 0. The summed E-state index contributed by atoms with van der Waals surface area (Å²) in [5, 5.41) is 3.56. The Hall–Kier alpha value is 0.250. The summed E-state index contributed by atoms with van der Waals surface area (Å²) in [6, 6.07) is 0.654. The number of halogens is 1. The second-order valence-electron chi connectivity index (χ2n) is 3.77. The molecule has 0 spiro atoms. The lowest BCUT2D eigenvalue weighted by Gasteiger charge is -2.14. The van der Waals surface area contributed by atoms with Crippen LogP contribution in [0.5, 0.6) is 0 Å². The van der Waals surface area contributed by atoms with Gasteiger partial charge in [-0.3, -0.25) is 0 Å². The first-order valence-corrected chi connectivity index (χ1v) is 5.69. The Balaban J connectivity index is 1.93. The van der Waals surface area contributed by atoms with Crippen LogP contribution in [0.2, 0.25) is 0 Å². The number of hydrogen-bond acceptors (Lipinski definition) is 1. The minimum atomic E-state index is 0.654. The molecular weight excluding hydrogens is 170 g/mol. The smallest absolute Gasteiger partial charge is 0.0238 e. The monoisotopic (exact) mass is 189 g/mol. The zero-order valence-corrected chi connectivity index (χ0v) is 8.74. The molecule has 1 nitrogen and oxygen atoms in total. The Labute approximate surface area is 80.9 Å². The van der Waals surface area contributed by atoms with Crippen molar-refractivity contribution in [3.63, 3.8) is 0 Å². The van der Waals surface area contributed by atoms with Crippen LogP contribution in [0, 0.1) is 5.92 Å². The molecule has 1 rings (SSSR count). The van der Waals surface area contributed by atoms with Crippen molar-refractivity contribution in [1.29, 1.82) is 0 Å². The van der Waals surface area contributed by atoms with E-state index in [0.29, 0.717) is 6.04 Å². The first kappa shape index (κ1) is 10.3. The van der Waals surface area contributed by atoms with E-state index in [9.17, 15) is 0 Å². The Morgan fingerprint density at radius 2 is 2.25 bits per heavy atom. The molecule has 0 radical (unpaired) electrons. The number of hydrogen-bond donors (Lipinski definition) is 1. The minimum absolute atomic E-state index is 0.654. The van der Waals surface area contributed by atoms with Crippen LogP contribution in [0.25, 0.3) is 0 Å². The van der Waals surface area contributed by atoms with Crippen molar-refractivity contribution < 1.29 is 0 Å². The average Bonchev–Trinajstić information content (AvgIpc) is 2.87. The van der Waals surface area contributed by atoms with E-state index >= 15 is 0 Å². The molecule has 0 aromatic rings. The molecule has 1 unspecified atom stereocenters. The van der Waals surface area contributed by atoms with Gasteiger partial charge in [-0.2, -0.15) is 0 Å². The molecule has 1 fully saturated rings. The van der Waals surface area contributed by atoms with Gasteiger partial charge in [-0.15, -0.1) is 11.6 Å². The third-order valence-corrected chi connectivity index (χ3v) is 2.85. The molecule has 1 saturated carbocycles. The molecule has 72 valence electrons. The van der Waals surface area contributed by atoms with Gasteiger partial charge >= 0.3 is 0 Å². The SMILES string of the molecule is CCC(CCCl)NCCC1CC1. The molecule has 1 atom stereocenters. The van der Waals surface area contributed by atoms with Crippen LogP contribution >= 0.6 is 11.6 Å². The van der Waals surface area contributed by atoms with E-state index in [1.165, 1.54) is 32.2 Å². The minimum Gasteiger partial charge on any atom is -0.314 e. The second-order valence-corrected chi connectivity index (χ2v) is 4.15. The predicted molar refractivity (Wildman–Crippen MR) is 54.8 cm³/mol. The van der Waals surface area contributed by atoms with E-state index in [4.69, 9.17) is 11.6 Å². The molecular formula is C10H20ClN. The Morgan fingerprint density at radius 1 is 1.50 bits per heavy atom. The fraction of sp³-hybridized carbons (Fsp3) is 1.00. The van der Waals surface area contributed by atoms with Crippen molar-refractivity contribution in [3.8, 4) is 0 Å². The third-order valence-electron chi connectivity index (χ3n) is 2.63. The highest BCUT2D eigenvalue weighted by molar-refractivity contribution is 6.17. The van der Waals surface area contributed by atoms with Gasteiger partial charge in [0.2, 0.25) is 0 Å². The lowest BCUT2D eigenvalue weighted by Crippen LogP contribution is -2.29. The van der Waals surface area contributed by atoms with Gasteiger partial charge < -0.3 is 5.32 Å². The molecule has 0 heterocycles. The highest BCUT2D eigenvalue weighted by Crippen LogP contribution is 2.31. The van der Waals surface area contributed by atoms with Crippen LogP contribution in [-0.4, -0.2) is 18.5 Å². The van der Waals surface area contributed by atoms with Crippen LogP contribution < -0.4 is 5.32 Å².